The summed E-state index contributed by atoms with van der Waals surface area (Å²) in [4.78, 5) is 26.6. The molecule has 2 aromatic carbocycles. The number of nitrogens with one attached hydrogen (secondary N) is 2. The van der Waals surface area contributed by atoms with Crippen molar-refractivity contribution in [2.24, 2.45) is 0 Å². The van der Waals surface area contributed by atoms with Crippen molar-refractivity contribution in [1.82, 2.24) is 10.3 Å². The van der Waals surface area contributed by atoms with E-state index in [-0.39, 0.29) is 41.7 Å². The first-order chi connectivity index (χ1) is 12.5. The van der Waals surface area contributed by atoms with Gasteiger partial charge in [-0.3, -0.25) is 4.79 Å². The molecule has 0 aliphatic carbocycles. The SMILES string of the molecule is O=C(C=Cc1ccccc1O)N[C@@H](Cc1c[nH]c2ccccc12)C(=O)[O-].[Na+]. The standard InChI is InChI=1S/C20H18N2O4.Na/c23-18-8-4-1-5-13(18)9-10-19(24)22-17(20(25)26)11-14-12-21-16-7-3-2-6-15(14)16;/h1-10,12,17,21,23H,11H2,(H,22,24)(H,25,26);/q;+1/p-1/t17-;/m0./s1. The van der Waals surface area contributed by atoms with Crippen molar-refractivity contribution in [2.45, 2.75) is 12.5 Å². The molecule has 132 valence electrons. The van der Waals surface area contributed by atoms with Crippen molar-refractivity contribution in [3.63, 3.8) is 0 Å². The fourth-order valence-corrected chi connectivity index (χ4v) is 2.73. The van der Waals surface area contributed by atoms with Gasteiger partial charge in [-0.1, -0.05) is 36.4 Å². The van der Waals surface area contributed by atoms with Gasteiger partial charge >= 0.3 is 29.6 Å². The minimum Gasteiger partial charge on any atom is -0.548 e. The van der Waals surface area contributed by atoms with Crippen LogP contribution in [0.5, 0.6) is 5.75 Å². The van der Waals surface area contributed by atoms with Gasteiger partial charge in [0.15, 0.2) is 0 Å². The molecule has 1 aromatic heterocycles. The number of hydrogen-bond donors (Lipinski definition) is 3. The van der Waals surface area contributed by atoms with Crippen molar-refractivity contribution in [2.75, 3.05) is 0 Å². The van der Waals surface area contributed by atoms with Crippen molar-refractivity contribution in [3.8, 4) is 5.75 Å². The van der Waals surface area contributed by atoms with E-state index >= 15 is 0 Å². The molecule has 0 aliphatic rings. The van der Waals surface area contributed by atoms with Crippen LogP contribution in [0.4, 0.5) is 0 Å². The molecule has 7 heteroatoms. The van der Waals surface area contributed by atoms with Crippen LogP contribution in [0.1, 0.15) is 11.1 Å². The summed E-state index contributed by atoms with van der Waals surface area (Å²) in [6, 6.07) is 12.9. The van der Waals surface area contributed by atoms with Crippen molar-refractivity contribution >= 4 is 28.9 Å². The van der Waals surface area contributed by atoms with Crippen LogP contribution >= 0.6 is 0 Å². The topological polar surface area (TPSA) is 105 Å². The van der Waals surface area contributed by atoms with E-state index in [1.165, 1.54) is 18.2 Å². The van der Waals surface area contributed by atoms with E-state index in [1.807, 2.05) is 24.3 Å². The predicted molar refractivity (Wildman–Crippen MR) is 96.1 cm³/mol. The molecular weight excluding hydrogens is 355 g/mol. The molecule has 6 nitrogen and oxygen atoms in total. The summed E-state index contributed by atoms with van der Waals surface area (Å²) in [6.07, 6.45) is 4.43. The van der Waals surface area contributed by atoms with E-state index in [4.69, 9.17) is 0 Å². The number of amides is 1. The monoisotopic (exact) mass is 372 g/mol. The number of benzene rings is 2. The molecule has 0 unspecified atom stereocenters. The first-order valence-corrected chi connectivity index (χ1v) is 8.07. The van der Waals surface area contributed by atoms with Crippen LogP contribution in [0.15, 0.2) is 60.8 Å². The summed E-state index contributed by atoms with van der Waals surface area (Å²) in [5.41, 5.74) is 2.13. The van der Waals surface area contributed by atoms with Crippen molar-refractivity contribution in [1.29, 1.82) is 0 Å². The second-order valence-corrected chi connectivity index (χ2v) is 5.84. The molecule has 1 heterocycles. The maximum absolute atomic E-state index is 12.1. The number of H-pyrrole nitrogens is 1. The molecule has 0 fully saturated rings. The van der Waals surface area contributed by atoms with Gasteiger partial charge in [-0.05, 0) is 23.8 Å². The van der Waals surface area contributed by atoms with Crippen LogP contribution in [0, 0.1) is 0 Å². The number of aromatic amines is 1. The van der Waals surface area contributed by atoms with Gasteiger partial charge in [0, 0.05) is 35.2 Å². The van der Waals surface area contributed by atoms with Gasteiger partial charge in [0.05, 0.1) is 12.0 Å². The van der Waals surface area contributed by atoms with E-state index < -0.39 is 17.9 Å². The molecule has 0 bridgehead atoms. The Morgan fingerprint density at radius 3 is 2.59 bits per heavy atom. The minimum absolute atomic E-state index is 0. The van der Waals surface area contributed by atoms with Crippen LogP contribution in [0.2, 0.25) is 0 Å². The summed E-state index contributed by atoms with van der Waals surface area (Å²) in [6.45, 7) is 0. The number of aromatic nitrogens is 1. The van der Waals surface area contributed by atoms with E-state index in [0.717, 1.165) is 16.5 Å². The Labute approximate surface area is 178 Å². The zero-order valence-electron chi connectivity index (χ0n) is 14.8. The largest absolute Gasteiger partial charge is 1.00 e. The van der Waals surface area contributed by atoms with Gasteiger partial charge in [-0.15, -0.1) is 0 Å². The number of hydrogen-bond acceptors (Lipinski definition) is 4. The molecule has 0 aliphatic heterocycles. The summed E-state index contributed by atoms with van der Waals surface area (Å²) in [5.74, 6) is -1.91. The van der Waals surface area contributed by atoms with Gasteiger partial charge in [-0.25, -0.2) is 0 Å². The number of carbonyl (C=O) groups is 2. The van der Waals surface area contributed by atoms with Crippen molar-refractivity contribution < 1.29 is 49.4 Å². The number of rotatable bonds is 6. The average molecular weight is 372 g/mol. The molecular formula is C20H17N2NaO4. The Morgan fingerprint density at radius 1 is 1.15 bits per heavy atom. The Morgan fingerprint density at radius 2 is 1.85 bits per heavy atom. The molecule has 3 aromatic rings. The average Bonchev–Trinajstić information content (AvgIpc) is 3.03. The van der Waals surface area contributed by atoms with E-state index in [9.17, 15) is 19.8 Å². The molecule has 3 rings (SSSR count). The number of para-hydroxylation sites is 2. The number of carbonyl (C=O) groups excluding carboxylic acids is 2. The van der Waals surface area contributed by atoms with E-state index in [2.05, 4.69) is 10.3 Å². The fourth-order valence-electron chi connectivity index (χ4n) is 2.73. The second-order valence-electron chi connectivity index (χ2n) is 5.84. The second kappa shape index (κ2) is 9.41. The third kappa shape index (κ3) is 5.23. The molecule has 0 radical (unpaired) electrons. The smallest absolute Gasteiger partial charge is 0.548 e. The van der Waals surface area contributed by atoms with Crippen LogP contribution in [0.3, 0.4) is 0 Å². The molecule has 0 saturated carbocycles. The first kappa shape index (κ1) is 20.8. The Hall–Kier alpha value is -2.54. The predicted octanol–water partition coefficient (Wildman–Crippen LogP) is -1.63. The van der Waals surface area contributed by atoms with Gasteiger partial charge < -0.3 is 25.3 Å². The minimum atomic E-state index is -1.36. The first-order valence-electron chi connectivity index (χ1n) is 8.07. The number of aromatic hydroxyl groups is 1. The zero-order valence-corrected chi connectivity index (χ0v) is 16.8. The Kier molecular flexibility index (Phi) is 7.24. The van der Waals surface area contributed by atoms with Gasteiger partial charge in [0.2, 0.25) is 5.91 Å². The Bertz CT molecular complexity index is 981. The van der Waals surface area contributed by atoms with Crippen LogP contribution in [-0.4, -0.2) is 28.0 Å². The number of aliphatic carboxylic acids is 1. The molecule has 27 heavy (non-hydrogen) atoms. The number of phenols is 1. The summed E-state index contributed by atoms with van der Waals surface area (Å²) in [5, 5.41) is 24.4. The Balaban J connectivity index is 0.00000261. The van der Waals surface area contributed by atoms with E-state index in [0.29, 0.717) is 5.56 Å². The molecule has 3 N–H and O–H groups in total. The quantitative estimate of drug-likeness (QED) is 0.357. The summed E-state index contributed by atoms with van der Waals surface area (Å²) in [7, 11) is 0. The number of carboxylic acids is 1. The van der Waals surface area contributed by atoms with Crippen LogP contribution in [-0.2, 0) is 16.0 Å². The van der Waals surface area contributed by atoms with Gasteiger partial charge in [0.25, 0.3) is 0 Å². The van der Waals surface area contributed by atoms with Crippen LogP contribution < -0.4 is 40.0 Å². The number of fused-ring (bicyclic) bond motifs is 1. The molecule has 0 saturated heterocycles. The maximum atomic E-state index is 12.1. The molecule has 0 spiro atoms. The maximum Gasteiger partial charge on any atom is 1.00 e. The number of phenolic OH excluding ortho intramolecular Hbond substituents is 1. The summed E-state index contributed by atoms with van der Waals surface area (Å²) < 4.78 is 0. The normalized spacial score (nSPS) is 11.9. The zero-order chi connectivity index (χ0) is 18.5. The summed E-state index contributed by atoms with van der Waals surface area (Å²) >= 11 is 0. The van der Waals surface area contributed by atoms with Crippen LogP contribution in [0.25, 0.3) is 17.0 Å². The van der Waals surface area contributed by atoms with Crippen molar-refractivity contribution in [3.05, 3.63) is 71.9 Å². The molecule has 1 amide bonds. The fraction of sp³-hybridized carbons (Fsp3) is 0.100. The third-order valence-electron chi connectivity index (χ3n) is 4.05. The van der Waals surface area contributed by atoms with Gasteiger partial charge in [-0.2, -0.15) is 0 Å². The number of carboxylic acid groups (broad SMARTS) is 1. The van der Waals surface area contributed by atoms with E-state index in [1.54, 1.807) is 24.4 Å². The third-order valence-corrected chi connectivity index (χ3v) is 4.05. The van der Waals surface area contributed by atoms with Gasteiger partial charge in [0.1, 0.15) is 5.75 Å². The molecule has 1 atom stereocenters.